The summed E-state index contributed by atoms with van der Waals surface area (Å²) in [5.41, 5.74) is 5.25. The van der Waals surface area contributed by atoms with Crippen LogP contribution >= 0.6 is 0 Å². The molecule has 1 saturated heterocycles. The second-order valence-electron chi connectivity index (χ2n) is 4.79. The number of nitrogens with zero attached hydrogens (tertiary/aromatic N) is 3. The number of piperazine rings is 1. The van der Waals surface area contributed by atoms with Crippen molar-refractivity contribution in [2.24, 2.45) is 5.73 Å². The van der Waals surface area contributed by atoms with E-state index < -0.39 is 14.9 Å². The van der Waals surface area contributed by atoms with Crippen LogP contribution in [0, 0.1) is 10.1 Å². The Balaban J connectivity index is 2.16. The predicted octanol–water partition coefficient (Wildman–Crippen LogP) is -0.140. The van der Waals surface area contributed by atoms with E-state index in [1.54, 1.807) is 0 Å². The van der Waals surface area contributed by atoms with E-state index in [0.717, 1.165) is 12.6 Å². The van der Waals surface area contributed by atoms with Gasteiger partial charge >= 0.3 is 0 Å². The molecule has 1 aliphatic rings. The van der Waals surface area contributed by atoms with Gasteiger partial charge in [0, 0.05) is 51.4 Å². The molecular weight excluding hydrogens is 296 g/mol. The molecule has 0 aromatic heterocycles. The van der Waals surface area contributed by atoms with Gasteiger partial charge in [-0.25, -0.2) is 8.42 Å². The topological polar surface area (TPSA) is 110 Å². The summed E-state index contributed by atoms with van der Waals surface area (Å²) in [7, 11) is -3.69. The van der Waals surface area contributed by atoms with Crippen LogP contribution in [0.25, 0.3) is 0 Å². The number of non-ortho nitro benzene ring substituents is 1. The molecule has 1 aromatic carbocycles. The molecular formula is C12H18N4O4S. The standard InChI is InChI=1S/C12H18N4O4S/c13-4-5-14-6-8-15(9-7-14)21(19,20)12-3-1-2-11(10-12)16(17)18/h1-3,10H,4-9,13H2. The van der Waals surface area contributed by atoms with E-state index >= 15 is 0 Å². The van der Waals surface area contributed by atoms with Crippen molar-refractivity contribution in [3.63, 3.8) is 0 Å². The maximum Gasteiger partial charge on any atom is 0.270 e. The Hall–Kier alpha value is -1.55. The first-order valence-electron chi connectivity index (χ1n) is 6.62. The number of nitro groups is 1. The van der Waals surface area contributed by atoms with Crippen LogP contribution in [-0.4, -0.2) is 61.8 Å². The quantitative estimate of drug-likeness (QED) is 0.598. The zero-order valence-corrected chi connectivity index (χ0v) is 12.3. The SMILES string of the molecule is NCCN1CCN(S(=O)(=O)c2cccc([N+](=O)[O-])c2)CC1. The Morgan fingerprint density at radius 3 is 2.48 bits per heavy atom. The van der Waals surface area contributed by atoms with Gasteiger partial charge in [-0.3, -0.25) is 15.0 Å². The third-order valence-corrected chi connectivity index (χ3v) is 5.34. The molecule has 2 rings (SSSR count). The maximum atomic E-state index is 12.5. The van der Waals surface area contributed by atoms with Crippen LogP contribution in [-0.2, 0) is 10.0 Å². The molecule has 9 heteroatoms. The van der Waals surface area contributed by atoms with Crippen molar-refractivity contribution in [3.05, 3.63) is 34.4 Å². The van der Waals surface area contributed by atoms with Crippen LogP contribution in [0.2, 0.25) is 0 Å². The van der Waals surface area contributed by atoms with Gasteiger partial charge in [-0.2, -0.15) is 4.31 Å². The summed E-state index contributed by atoms with van der Waals surface area (Å²) in [5, 5.41) is 10.7. The lowest BCUT2D eigenvalue weighted by Crippen LogP contribution is -2.49. The molecule has 21 heavy (non-hydrogen) atoms. The van der Waals surface area contributed by atoms with Crippen LogP contribution in [0.3, 0.4) is 0 Å². The molecule has 0 amide bonds. The maximum absolute atomic E-state index is 12.5. The number of nitro benzene ring substituents is 1. The summed E-state index contributed by atoms with van der Waals surface area (Å²) >= 11 is 0. The highest BCUT2D eigenvalue weighted by atomic mass is 32.2. The first-order valence-corrected chi connectivity index (χ1v) is 8.06. The third kappa shape index (κ3) is 3.56. The number of hydrogen-bond acceptors (Lipinski definition) is 6. The molecule has 0 spiro atoms. The molecule has 0 saturated carbocycles. The van der Waals surface area contributed by atoms with Crippen molar-refractivity contribution in [3.8, 4) is 0 Å². The van der Waals surface area contributed by atoms with Gasteiger partial charge in [-0.1, -0.05) is 6.07 Å². The van der Waals surface area contributed by atoms with E-state index in [0.29, 0.717) is 32.7 Å². The average Bonchev–Trinajstić information content (AvgIpc) is 2.48. The first-order chi connectivity index (χ1) is 9.95. The number of nitrogens with two attached hydrogens (primary N) is 1. The summed E-state index contributed by atoms with van der Waals surface area (Å²) in [6, 6.07) is 5.14. The smallest absolute Gasteiger partial charge is 0.270 e. The van der Waals surface area contributed by atoms with E-state index in [-0.39, 0.29) is 10.6 Å². The highest BCUT2D eigenvalue weighted by Gasteiger charge is 2.29. The highest BCUT2D eigenvalue weighted by Crippen LogP contribution is 2.21. The van der Waals surface area contributed by atoms with Gasteiger partial charge in [0.2, 0.25) is 10.0 Å². The molecule has 1 heterocycles. The van der Waals surface area contributed by atoms with E-state index in [4.69, 9.17) is 5.73 Å². The number of hydrogen-bond donors (Lipinski definition) is 1. The van der Waals surface area contributed by atoms with Crippen LogP contribution in [0.5, 0.6) is 0 Å². The minimum Gasteiger partial charge on any atom is -0.329 e. The minimum atomic E-state index is -3.69. The molecule has 0 bridgehead atoms. The zero-order chi connectivity index (χ0) is 15.5. The Morgan fingerprint density at radius 1 is 1.24 bits per heavy atom. The van der Waals surface area contributed by atoms with Crippen molar-refractivity contribution in [1.29, 1.82) is 0 Å². The van der Waals surface area contributed by atoms with Crippen molar-refractivity contribution < 1.29 is 13.3 Å². The van der Waals surface area contributed by atoms with Gasteiger partial charge in [0.05, 0.1) is 9.82 Å². The fourth-order valence-corrected chi connectivity index (χ4v) is 3.75. The lowest BCUT2D eigenvalue weighted by atomic mass is 10.3. The molecule has 1 aliphatic heterocycles. The molecule has 0 unspecified atom stereocenters. The predicted molar refractivity (Wildman–Crippen MR) is 77.3 cm³/mol. The van der Waals surface area contributed by atoms with Crippen LogP contribution < -0.4 is 5.73 Å². The van der Waals surface area contributed by atoms with Gasteiger partial charge in [-0.15, -0.1) is 0 Å². The van der Waals surface area contributed by atoms with Gasteiger partial charge in [0.15, 0.2) is 0 Å². The Morgan fingerprint density at radius 2 is 1.90 bits per heavy atom. The second kappa shape index (κ2) is 6.48. The average molecular weight is 314 g/mol. The van der Waals surface area contributed by atoms with Crippen molar-refractivity contribution >= 4 is 15.7 Å². The van der Waals surface area contributed by atoms with Gasteiger partial charge in [0.25, 0.3) is 5.69 Å². The second-order valence-corrected chi connectivity index (χ2v) is 6.73. The van der Waals surface area contributed by atoms with Crippen molar-refractivity contribution in [2.45, 2.75) is 4.90 Å². The number of benzene rings is 1. The molecule has 8 nitrogen and oxygen atoms in total. The van der Waals surface area contributed by atoms with E-state index in [1.165, 1.54) is 22.5 Å². The number of rotatable bonds is 5. The summed E-state index contributed by atoms with van der Waals surface area (Å²) < 4.78 is 26.3. The zero-order valence-electron chi connectivity index (χ0n) is 11.5. The van der Waals surface area contributed by atoms with E-state index in [9.17, 15) is 18.5 Å². The third-order valence-electron chi connectivity index (χ3n) is 3.44. The van der Waals surface area contributed by atoms with Crippen LogP contribution in [0.4, 0.5) is 5.69 Å². The lowest BCUT2D eigenvalue weighted by molar-refractivity contribution is -0.385. The Labute approximate surface area is 123 Å². The molecule has 116 valence electrons. The minimum absolute atomic E-state index is 0.0380. The molecule has 1 aromatic rings. The lowest BCUT2D eigenvalue weighted by Gasteiger charge is -2.33. The van der Waals surface area contributed by atoms with Crippen LogP contribution in [0.1, 0.15) is 0 Å². The molecule has 2 N–H and O–H groups in total. The van der Waals surface area contributed by atoms with Gasteiger partial charge < -0.3 is 5.73 Å². The fraction of sp³-hybridized carbons (Fsp3) is 0.500. The van der Waals surface area contributed by atoms with Gasteiger partial charge in [-0.05, 0) is 6.07 Å². The van der Waals surface area contributed by atoms with Gasteiger partial charge in [0.1, 0.15) is 0 Å². The fourth-order valence-electron chi connectivity index (χ4n) is 2.28. The molecule has 1 fully saturated rings. The summed E-state index contributed by atoms with van der Waals surface area (Å²) in [5.74, 6) is 0. The van der Waals surface area contributed by atoms with Crippen molar-refractivity contribution in [1.82, 2.24) is 9.21 Å². The molecule has 0 atom stereocenters. The summed E-state index contributed by atoms with van der Waals surface area (Å²) in [6.45, 7) is 3.25. The van der Waals surface area contributed by atoms with E-state index in [2.05, 4.69) is 4.90 Å². The first kappa shape index (κ1) is 15.8. The molecule has 0 aliphatic carbocycles. The van der Waals surface area contributed by atoms with E-state index in [1.807, 2.05) is 0 Å². The Bertz CT molecular complexity index is 611. The van der Waals surface area contributed by atoms with Crippen LogP contribution in [0.15, 0.2) is 29.2 Å². The number of sulfonamides is 1. The summed E-state index contributed by atoms with van der Waals surface area (Å²) in [6.07, 6.45) is 0. The monoisotopic (exact) mass is 314 g/mol. The van der Waals surface area contributed by atoms with Crippen molar-refractivity contribution in [2.75, 3.05) is 39.3 Å². The normalized spacial score (nSPS) is 17.8. The molecule has 0 radical (unpaired) electrons. The Kier molecular flexibility index (Phi) is 4.88. The summed E-state index contributed by atoms with van der Waals surface area (Å²) in [4.78, 5) is 12.2. The highest BCUT2D eigenvalue weighted by molar-refractivity contribution is 7.89. The largest absolute Gasteiger partial charge is 0.329 e.